The van der Waals surface area contributed by atoms with Crippen LogP contribution in [0, 0.1) is 17.1 Å². The molecule has 0 atom stereocenters. The fourth-order valence-electron chi connectivity index (χ4n) is 1.24. The van der Waals surface area contributed by atoms with Crippen LogP contribution in [0.1, 0.15) is 5.56 Å². The molecule has 0 bridgehead atoms. The number of aromatic nitrogens is 1. The molecule has 0 amide bonds. The molecule has 0 saturated heterocycles. The van der Waals surface area contributed by atoms with Crippen molar-refractivity contribution in [3.05, 3.63) is 53.1 Å². The van der Waals surface area contributed by atoms with Gasteiger partial charge < -0.3 is 4.74 Å². The molecule has 0 aliphatic carbocycles. The molecule has 2 rings (SSSR count). The quantitative estimate of drug-likeness (QED) is 0.764. The Morgan fingerprint density at radius 1 is 1.24 bits per heavy atom. The summed E-state index contributed by atoms with van der Waals surface area (Å²) in [6, 6.07) is 8.81. The van der Waals surface area contributed by atoms with Crippen LogP contribution < -0.4 is 4.74 Å². The van der Waals surface area contributed by atoms with Gasteiger partial charge in [-0.1, -0.05) is 11.6 Å². The number of hydrogen-bond donors (Lipinski definition) is 0. The lowest BCUT2D eigenvalue weighted by Crippen LogP contribution is -1.88. The van der Waals surface area contributed by atoms with Crippen LogP contribution in [0.5, 0.6) is 11.5 Å². The summed E-state index contributed by atoms with van der Waals surface area (Å²) in [5.41, 5.74) is -0.0670. The minimum Gasteiger partial charge on any atom is -0.457 e. The van der Waals surface area contributed by atoms with Crippen LogP contribution in [0.15, 0.2) is 36.5 Å². The fourth-order valence-corrected chi connectivity index (χ4v) is 1.40. The van der Waals surface area contributed by atoms with E-state index >= 15 is 0 Å². The topological polar surface area (TPSA) is 45.9 Å². The molecule has 0 unspecified atom stereocenters. The van der Waals surface area contributed by atoms with Crippen LogP contribution in [0.3, 0.4) is 0 Å². The summed E-state index contributed by atoms with van der Waals surface area (Å²) in [5, 5.41) is 8.97. The number of pyridine rings is 1. The first-order valence-corrected chi connectivity index (χ1v) is 5.06. The first kappa shape index (κ1) is 11.4. The Hall–Kier alpha value is -2.12. The summed E-state index contributed by atoms with van der Waals surface area (Å²) in [6.45, 7) is 0. The monoisotopic (exact) mass is 248 g/mol. The second-order valence-corrected chi connectivity index (χ2v) is 3.56. The molecule has 84 valence electrons. The van der Waals surface area contributed by atoms with E-state index in [9.17, 15) is 4.39 Å². The van der Waals surface area contributed by atoms with E-state index < -0.39 is 5.82 Å². The van der Waals surface area contributed by atoms with Crippen molar-refractivity contribution in [2.45, 2.75) is 0 Å². The summed E-state index contributed by atoms with van der Waals surface area (Å²) in [4.78, 5) is 3.80. The van der Waals surface area contributed by atoms with Gasteiger partial charge in [0, 0.05) is 18.3 Å². The molecule has 0 saturated carbocycles. The minimum atomic E-state index is -0.576. The molecule has 17 heavy (non-hydrogen) atoms. The Labute approximate surface area is 102 Å². The summed E-state index contributed by atoms with van der Waals surface area (Å²) < 4.78 is 18.5. The summed E-state index contributed by atoms with van der Waals surface area (Å²) in [5.74, 6) is 0.262. The Balaban J connectivity index is 2.28. The molecule has 0 N–H and O–H groups in total. The zero-order chi connectivity index (χ0) is 12.3. The van der Waals surface area contributed by atoms with Crippen molar-refractivity contribution in [1.82, 2.24) is 4.98 Å². The van der Waals surface area contributed by atoms with Gasteiger partial charge in [-0.15, -0.1) is 0 Å². The molecule has 1 aromatic heterocycles. The highest BCUT2D eigenvalue weighted by Gasteiger charge is 2.04. The maximum atomic E-state index is 13.1. The van der Waals surface area contributed by atoms with E-state index in [0.717, 1.165) is 0 Å². The maximum Gasteiger partial charge on any atom is 0.141 e. The van der Waals surface area contributed by atoms with Crippen molar-refractivity contribution in [2.24, 2.45) is 0 Å². The summed E-state index contributed by atoms with van der Waals surface area (Å²) in [6.07, 6.45) is 1.49. The van der Waals surface area contributed by atoms with Gasteiger partial charge in [0.2, 0.25) is 0 Å². The van der Waals surface area contributed by atoms with Crippen molar-refractivity contribution in [3.63, 3.8) is 0 Å². The van der Waals surface area contributed by atoms with Crippen molar-refractivity contribution < 1.29 is 9.13 Å². The van der Waals surface area contributed by atoms with Gasteiger partial charge in [0.1, 0.15) is 28.5 Å². The summed E-state index contributed by atoms with van der Waals surface area (Å²) >= 11 is 5.69. The highest BCUT2D eigenvalue weighted by molar-refractivity contribution is 6.29. The third-order valence-corrected chi connectivity index (χ3v) is 2.20. The number of rotatable bonds is 2. The minimum absolute atomic E-state index is 0.0670. The number of nitriles is 1. The smallest absolute Gasteiger partial charge is 0.141 e. The maximum absolute atomic E-state index is 13.1. The Kier molecular flexibility index (Phi) is 3.22. The van der Waals surface area contributed by atoms with Gasteiger partial charge in [-0.25, -0.2) is 9.37 Å². The third-order valence-electron chi connectivity index (χ3n) is 1.99. The van der Waals surface area contributed by atoms with Crippen LogP contribution in [0.4, 0.5) is 4.39 Å². The Morgan fingerprint density at radius 3 is 2.71 bits per heavy atom. The average Bonchev–Trinajstić information content (AvgIpc) is 2.32. The normalized spacial score (nSPS) is 9.71. The molecule has 1 aromatic carbocycles. The predicted octanol–water partition coefficient (Wildman–Crippen LogP) is 3.54. The van der Waals surface area contributed by atoms with Crippen LogP contribution in [-0.2, 0) is 0 Å². The molecule has 0 spiro atoms. The van der Waals surface area contributed by atoms with E-state index in [0.29, 0.717) is 16.7 Å². The van der Waals surface area contributed by atoms with Gasteiger partial charge in [-0.2, -0.15) is 5.26 Å². The molecule has 1 heterocycles. The van der Waals surface area contributed by atoms with E-state index in [1.807, 2.05) is 0 Å². The fraction of sp³-hybridized carbons (Fsp3) is 0. The van der Waals surface area contributed by atoms with Gasteiger partial charge in [0.05, 0.1) is 5.56 Å². The van der Waals surface area contributed by atoms with Crippen LogP contribution in [-0.4, -0.2) is 4.98 Å². The van der Waals surface area contributed by atoms with Crippen molar-refractivity contribution in [1.29, 1.82) is 5.26 Å². The molecular formula is C12H6ClFN2O. The van der Waals surface area contributed by atoms with Gasteiger partial charge in [0.15, 0.2) is 0 Å². The first-order chi connectivity index (χ1) is 8.19. The van der Waals surface area contributed by atoms with Gasteiger partial charge in [-0.05, 0) is 18.2 Å². The molecule has 5 heteroatoms. The van der Waals surface area contributed by atoms with E-state index in [-0.39, 0.29) is 5.56 Å². The molecule has 3 nitrogen and oxygen atoms in total. The highest BCUT2D eigenvalue weighted by atomic mass is 35.5. The van der Waals surface area contributed by atoms with Crippen LogP contribution in [0.25, 0.3) is 0 Å². The van der Waals surface area contributed by atoms with Gasteiger partial charge >= 0.3 is 0 Å². The van der Waals surface area contributed by atoms with E-state index in [4.69, 9.17) is 21.6 Å². The molecule has 0 fully saturated rings. The van der Waals surface area contributed by atoms with E-state index in [1.165, 1.54) is 30.5 Å². The number of hydrogen-bond acceptors (Lipinski definition) is 3. The Morgan fingerprint density at radius 2 is 2.00 bits per heavy atom. The molecule has 2 aromatic rings. The largest absolute Gasteiger partial charge is 0.457 e. The molecule has 0 radical (unpaired) electrons. The predicted molar refractivity (Wildman–Crippen MR) is 60.4 cm³/mol. The second kappa shape index (κ2) is 4.81. The molecule has 0 aliphatic heterocycles. The lowest BCUT2D eigenvalue weighted by Gasteiger charge is -2.05. The van der Waals surface area contributed by atoms with Crippen molar-refractivity contribution >= 4 is 11.6 Å². The SMILES string of the molecule is N#Cc1cc(Oc2ccnc(Cl)c2)ccc1F. The van der Waals surface area contributed by atoms with Crippen molar-refractivity contribution in [2.75, 3.05) is 0 Å². The number of benzene rings is 1. The first-order valence-electron chi connectivity index (χ1n) is 4.68. The van der Waals surface area contributed by atoms with Gasteiger partial charge in [-0.3, -0.25) is 0 Å². The number of ether oxygens (including phenoxy) is 1. The van der Waals surface area contributed by atoms with Crippen LogP contribution in [0.2, 0.25) is 5.15 Å². The lowest BCUT2D eigenvalue weighted by atomic mass is 10.2. The van der Waals surface area contributed by atoms with E-state index in [2.05, 4.69) is 4.98 Å². The van der Waals surface area contributed by atoms with Crippen molar-refractivity contribution in [3.8, 4) is 17.6 Å². The average molecular weight is 249 g/mol. The van der Waals surface area contributed by atoms with Gasteiger partial charge in [0.25, 0.3) is 0 Å². The number of halogens is 2. The molecular weight excluding hydrogens is 243 g/mol. The van der Waals surface area contributed by atoms with E-state index in [1.54, 1.807) is 12.1 Å². The molecule has 0 aliphatic rings. The van der Waals surface area contributed by atoms with Crippen LogP contribution >= 0.6 is 11.6 Å². The summed E-state index contributed by atoms with van der Waals surface area (Å²) in [7, 11) is 0. The highest BCUT2D eigenvalue weighted by Crippen LogP contribution is 2.24. The second-order valence-electron chi connectivity index (χ2n) is 3.17. The standard InChI is InChI=1S/C12H6ClFN2O/c13-12-6-10(3-4-16-12)17-9-1-2-11(14)8(5-9)7-15/h1-6H. The third kappa shape index (κ3) is 2.71. The Bertz CT molecular complexity index is 595. The zero-order valence-electron chi connectivity index (χ0n) is 8.52. The number of nitrogens with zero attached hydrogens (tertiary/aromatic N) is 2. The lowest BCUT2D eigenvalue weighted by molar-refractivity contribution is 0.479. The zero-order valence-corrected chi connectivity index (χ0v) is 9.28.